The normalized spacial score (nSPS) is 12.1. The second-order valence-corrected chi connectivity index (χ2v) is 4.39. The molecule has 0 saturated carbocycles. The Hall–Kier alpha value is -2.10. The Morgan fingerprint density at radius 2 is 2.11 bits per heavy atom. The zero-order chi connectivity index (χ0) is 13.0. The first-order chi connectivity index (χ1) is 8.65. The van der Waals surface area contributed by atoms with E-state index in [-0.39, 0.29) is 11.8 Å². The fourth-order valence-corrected chi connectivity index (χ4v) is 1.80. The highest BCUT2D eigenvalue weighted by Crippen LogP contribution is 2.19. The summed E-state index contributed by atoms with van der Waals surface area (Å²) in [5.74, 6) is 1.28. The SMILES string of the molecule is Cc1cc(NC(=O)C[C@@H](C)c2ccccc2)no1. The van der Waals surface area contributed by atoms with Crippen LogP contribution in [0.4, 0.5) is 5.82 Å². The van der Waals surface area contributed by atoms with Gasteiger partial charge >= 0.3 is 0 Å². The van der Waals surface area contributed by atoms with Crippen molar-refractivity contribution >= 4 is 11.7 Å². The summed E-state index contributed by atoms with van der Waals surface area (Å²) in [6.45, 7) is 3.82. The fourth-order valence-electron chi connectivity index (χ4n) is 1.80. The maximum absolute atomic E-state index is 11.8. The van der Waals surface area contributed by atoms with E-state index in [1.54, 1.807) is 13.0 Å². The molecule has 0 spiro atoms. The third-order valence-electron chi connectivity index (χ3n) is 2.76. The maximum atomic E-state index is 11.8. The molecule has 4 nitrogen and oxygen atoms in total. The van der Waals surface area contributed by atoms with Crippen LogP contribution in [0.2, 0.25) is 0 Å². The standard InChI is InChI=1S/C14H16N2O2/c1-10(12-6-4-3-5-7-12)8-14(17)15-13-9-11(2)18-16-13/h3-7,9-10H,8H2,1-2H3,(H,15,16,17)/t10-/m1/s1. The highest BCUT2D eigenvalue weighted by molar-refractivity contribution is 5.90. The number of aryl methyl sites for hydroxylation is 1. The van der Waals surface area contributed by atoms with Gasteiger partial charge in [-0.3, -0.25) is 4.79 Å². The lowest BCUT2D eigenvalue weighted by Gasteiger charge is -2.10. The number of anilines is 1. The third-order valence-corrected chi connectivity index (χ3v) is 2.76. The van der Waals surface area contributed by atoms with Gasteiger partial charge in [0, 0.05) is 12.5 Å². The van der Waals surface area contributed by atoms with Crippen LogP contribution in [-0.4, -0.2) is 11.1 Å². The molecule has 1 aromatic heterocycles. The highest BCUT2D eigenvalue weighted by atomic mass is 16.5. The van der Waals surface area contributed by atoms with Crippen LogP contribution in [0.1, 0.15) is 30.6 Å². The maximum Gasteiger partial charge on any atom is 0.226 e. The third kappa shape index (κ3) is 3.20. The van der Waals surface area contributed by atoms with E-state index in [4.69, 9.17) is 4.52 Å². The van der Waals surface area contributed by atoms with Gasteiger partial charge in [-0.1, -0.05) is 42.4 Å². The van der Waals surface area contributed by atoms with Crippen molar-refractivity contribution in [3.8, 4) is 0 Å². The molecule has 0 bridgehead atoms. The molecular weight excluding hydrogens is 228 g/mol. The van der Waals surface area contributed by atoms with Crippen LogP contribution in [-0.2, 0) is 4.79 Å². The molecule has 0 aliphatic heterocycles. The number of nitrogens with zero attached hydrogens (tertiary/aromatic N) is 1. The quantitative estimate of drug-likeness (QED) is 0.899. The lowest BCUT2D eigenvalue weighted by Crippen LogP contribution is -2.14. The molecule has 0 saturated heterocycles. The summed E-state index contributed by atoms with van der Waals surface area (Å²) < 4.78 is 4.89. The Balaban J connectivity index is 1.92. The first kappa shape index (κ1) is 12.4. The van der Waals surface area contributed by atoms with Gasteiger partial charge in [0.2, 0.25) is 5.91 Å². The Labute approximate surface area is 106 Å². The van der Waals surface area contributed by atoms with Crippen LogP contribution < -0.4 is 5.32 Å². The molecule has 0 radical (unpaired) electrons. The van der Waals surface area contributed by atoms with Crippen molar-refractivity contribution in [1.29, 1.82) is 0 Å². The molecule has 1 aromatic carbocycles. The molecule has 0 aliphatic carbocycles. The molecule has 94 valence electrons. The Kier molecular flexibility index (Phi) is 3.77. The lowest BCUT2D eigenvalue weighted by molar-refractivity contribution is -0.116. The fraction of sp³-hybridized carbons (Fsp3) is 0.286. The van der Waals surface area contributed by atoms with E-state index in [1.807, 2.05) is 37.3 Å². The van der Waals surface area contributed by atoms with Crippen molar-refractivity contribution < 1.29 is 9.32 Å². The van der Waals surface area contributed by atoms with Gasteiger partial charge in [-0.2, -0.15) is 0 Å². The van der Waals surface area contributed by atoms with E-state index in [0.29, 0.717) is 18.0 Å². The average Bonchev–Trinajstić information content (AvgIpc) is 2.75. The van der Waals surface area contributed by atoms with Crippen LogP contribution in [0.15, 0.2) is 40.9 Å². The van der Waals surface area contributed by atoms with Crippen LogP contribution in [0.3, 0.4) is 0 Å². The average molecular weight is 244 g/mol. The minimum atomic E-state index is -0.0559. The molecule has 1 heterocycles. The number of carbonyl (C=O) groups excluding carboxylic acids is 1. The molecule has 2 rings (SSSR count). The summed E-state index contributed by atoms with van der Waals surface area (Å²) in [7, 11) is 0. The van der Waals surface area contributed by atoms with Crippen LogP contribution in [0, 0.1) is 6.92 Å². The molecule has 2 aromatic rings. The van der Waals surface area contributed by atoms with Gasteiger partial charge < -0.3 is 9.84 Å². The van der Waals surface area contributed by atoms with E-state index < -0.39 is 0 Å². The zero-order valence-electron chi connectivity index (χ0n) is 10.5. The molecule has 0 unspecified atom stereocenters. The van der Waals surface area contributed by atoms with Gasteiger partial charge in [0.1, 0.15) is 5.76 Å². The van der Waals surface area contributed by atoms with Crippen LogP contribution in [0.5, 0.6) is 0 Å². The van der Waals surface area contributed by atoms with Crippen molar-refractivity contribution in [2.75, 3.05) is 5.32 Å². The molecule has 4 heteroatoms. The first-order valence-electron chi connectivity index (χ1n) is 5.93. The van der Waals surface area contributed by atoms with Crippen molar-refractivity contribution in [2.45, 2.75) is 26.2 Å². The number of rotatable bonds is 4. The number of hydrogen-bond donors (Lipinski definition) is 1. The molecule has 1 atom stereocenters. The topological polar surface area (TPSA) is 55.1 Å². The summed E-state index contributed by atoms with van der Waals surface area (Å²) in [6, 6.07) is 11.7. The highest BCUT2D eigenvalue weighted by Gasteiger charge is 2.12. The van der Waals surface area contributed by atoms with Crippen molar-refractivity contribution in [3.63, 3.8) is 0 Å². The van der Waals surface area contributed by atoms with Crippen LogP contribution in [0.25, 0.3) is 0 Å². The van der Waals surface area contributed by atoms with E-state index in [9.17, 15) is 4.79 Å². The van der Waals surface area contributed by atoms with Crippen molar-refractivity contribution in [2.24, 2.45) is 0 Å². The minimum absolute atomic E-state index is 0.0559. The minimum Gasteiger partial charge on any atom is -0.360 e. The second-order valence-electron chi connectivity index (χ2n) is 4.39. The Bertz CT molecular complexity index is 520. The number of amides is 1. The lowest BCUT2D eigenvalue weighted by atomic mass is 9.98. The molecule has 0 aliphatic rings. The predicted octanol–water partition coefficient (Wildman–Crippen LogP) is 3.12. The number of benzene rings is 1. The zero-order valence-corrected chi connectivity index (χ0v) is 10.5. The number of hydrogen-bond acceptors (Lipinski definition) is 3. The number of aromatic nitrogens is 1. The second kappa shape index (κ2) is 5.49. The molecule has 1 N–H and O–H groups in total. The van der Waals surface area contributed by atoms with Gasteiger partial charge in [0.15, 0.2) is 5.82 Å². The van der Waals surface area contributed by atoms with E-state index in [0.717, 1.165) is 5.56 Å². The van der Waals surface area contributed by atoms with Gasteiger partial charge in [-0.25, -0.2) is 0 Å². The van der Waals surface area contributed by atoms with Crippen LogP contribution >= 0.6 is 0 Å². The van der Waals surface area contributed by atoms with E-state index >= 15 is 0 Å². The van der Waals surface area contributed by atoms with Gasteiger partial charge in [0.05, 0.1) is 0 Å². The summed E-state index contributed by atoms with van der Waals surface area (Å²) >= 11 is 0. The van der Waals surface area contributed by atoms with E-state index in [2.05, 4.69) is 10.5 Å². The summed E-state index contributed by atoms with van der Waals surface area (Å²) in [5.41, 5.74) is 1.16. The predicted molar refractivity (Wildman–Crippen MR) is 69.3 cm³/mol. The molecule has 1 amide bonds. The summed E-state index contributed by atoms with van der Waals surface area (Å²) in [4.78, 5) is 11.8. The summed E-state index contributed by atoms with van der Waals surface area (Å²) in [5, 5.41) is 6.45. The Morgan fingerprint density at radius 1 is 1.39 bits per heavy atom. The molecular formula is C14H16N2O2. The van der Waals surface area contributed by atoms with Crippen molar-refractivity contribution in [3.05, 3.63) is 47.7 Å². The first-order valence-corrected chi connectivity index (χ1v) is 5.93. The van der Waals surface area contributed by atoms with Gasteiger partial charge in [0.25, 0.3) is 0 Å². The summed E-state index contributed by atoms with van der Waals surface area (Å²) in [6.07, 6.45) is 0.427. The number of carbonyl (C=O) groups is 1. The monoisotopic (exact) mass is 244 g/mol. The van der Waals surface area contributed by atoms with Crippen molar-refractivity contribution in [1.82, 2.24) is 5.16 Å². The smallest absolute Gasteiger partial charge is 0.226 e. The molecule has 18 heavy (non-hydrogen) atoms. The van der Waals surface area contributed by atoms with Gasteiger partial charge in [-0.05, 0) is 18.4 Å². The molecule has 0 fully saturated rings. The van der Waals surface area contributed by atoms with Gasteiger partial charge in [-0.15, -0.1) is 0 Å². The Morgan fingerprint density at radius 3 is 2.72 bits per heavy atom. The van der Waals surface area contributed by atoms with E-state index in [1.165, 1.54) is 0 Å². The number of nitrogens with one attached hydrogen (secondary N) is 1. The largest absolute Gasteiger partial charge is 0.360 e.